The maximum atomic E-state index is 12.0. The van der Waals surface area contributed by atoms with Crippen molar-refractivity contribution in [1.82, 2.24) is 0 Å². The van der Waals surface area contributed by atoms with Gasteiger partial charge < -0.3 is 4.74 Å². The topological polar surface area (TPSA) is 99.8 Å². The third-order valence-corrected chi connectivity index (χ3v) is 4.71. The van der Waals surface area contributed by atoms with Crippen molar-refractivity contribution in [3.63, 3.8) is 0 Å². The second kappa shape index (κ2) is 9.50. The zero-order valence-corrected chi connectivity index (χ0v) is 15.6. The highest BCUT2D eigenvalue weighted by Gasteiger charge is 2.19. The number of hydrogen-bond acceptors (Lipinski definition) is 7. The smallest absolute Gasteiger partial charge is 0.338 e. The van der Waals surface area contributed by atoms with Crippen LogP contribution in [0.5, 0.6) is 0 Å². The van der Waals surface area contributed by atoms with E-state index < -0.39 is 17.9 Å². The van der Waals surface area contributed by atoms with Crippen molar-refractivity contribution >= 4 is 29.5 Å². The van der Waals surface area contributed by atoms with E-state index >= 15 is 0 Å². The van der Waals surface area contributed by atoms with Gasteiger partial charge in [0.05, 0.1) is 18.2 Å². The molecule has 0 aliphatic carbocycles. The number of nitroso groups, excluding NO2 is 1. The van der Waals surface area contributed by atoms with Crippen LogP contribution in [-0.4, -0.2) is 24.5 Å². The quantitative estimate of drug-likeness (QED) is 0.401. The molecule has 27 heavy (non-hydrogen) atoms. The molecule has 0 spiro atoms. The molecular formula is C19H17N3O4S. The first-order chi connectivity index (χ1) is 13.0. The van der Waals surface area contributed by atoms with Crippen LogP contribution in [0.2, 0.25) is 0 Å². The highest BCUT2D eigenvalue weighted by atomic mass is 32.2. The van der Waals surface area contributed by atoms with E-state index in [1.54, 1.807) is 54.6 Å². The third kappa shape index (κ3) is 5.15. The van der Waals surface area contributed by atoms with Gasteiger partial charge in [0.15, 0.2) is 0 Å². The van der Waals surface area contributed by atoms with E-state index in [2.05, 4.69) is 11.2 Å². The lowest BCUT2D eigenvalue weighted by Gasteiger charge is -2.26. The van der Waals surface area contributed by atoms with Crippen molar-refractivity contribution in [2.75, 3.05) is 10.9 Å². The Labute approximate surface area is 161 Å². The van der Waals surface area contributed by atoms with Crippen LogP contribution in [0.15, 0.2) is 58.6 Å². The molecule has 0 aliphatic heterocycles. The van der Waals surface area contributed by atoms with E-state index in [1.807, 2.05) is 0 Å². The number of benzene rings is 2. The van der Waals surface area contributed by atoms with Gasteiger partial charge in [-0.2, -0.15) is 5.26 Å². The Bertz CT molecular complexity index is 895. The molecule has 1 unspecified atom stereocenters. The molecular weight excluding hydrogens is 366 g/mol. The number of amides is 1. The molecule has 0 aromatic heterocycles. The van der Waals surface area contributed by atoms with E-state index in [4.69, 9.17) is 4.74 Å². The van der Waals surface area contributed by atoms with Gasteiger partial charge in [-0.15, -0.1) is 4.91 Å². The van der Waals surface area contributed by atoms with Crippen molar-refractivity contribution in [1.29, 1.82) is 5.26 Å². The Kier molecular flexibility index (Phi) is 7.08. The van der Waals surface area contributed by atoms with Gasteiger partial charge in [-0.05, 0) is 62.2 Å². The Morgan fingerprint density at radius 3 is 2.59 bits per heavy atom. The Morgan fingerprint density at radius 2 is 1.93 bits per heavy atom. The highest BCUT2D eigenvalue weighted by molar-refractivity contribution is 8.00. The molecule has 8 heteroatoms. The maximum absolute atomic E-state index is 12.0. The van der Waals surface area contributed by atoms with Crippen LogP contribution in [0.25, 0.3) is 0 Å². The standard InChI is InChI=1S/C19H17N3O4S/c1-3-26-19(24)15-7-4-8-16(10-15)22(13(2)12-20)27-17-9-5-6-14(11-17)18(23)21-25/h4-11,13H,3H2,1-2H3. The SMILES string of the molecule is CCOC(=O)c1cccc(N(Sc2cccc(C(=O)N=O)c2)C(C)C#N)c1. The summed E-state index contributed by atoms with van der Waals surface area (Å²) in [6.45, 7) is 3.71. The van der Waals surface area contributed by atoms with Crippen LogP contribution in [0.3, 0.4) is 0 Å². The van der Waals surface area contributed by atoms with Crippen molar-refractivity contribution in [3.8, 4) is 6.07 Å². The molecule has 0 heterocycles. The van der Waals surface area contributed by atoms with Crippen molar-refractivity contribution in [2.45, 2.75) is 24.8 Å². The number of carbonyl (C=O) groups excluding carboxylic acids is 2. The Hall–Kier alpha value is -3.18. The number of nitrogens with zero attached hydrogens (tertiary/aromatic N) is 3. The second-order valence-electron chi connectivity index (χ2n) is 5.42. The zero-order chi connectivity index (χ0) is 19.8. The lowest BCUT2D eigenvalue weighted by atomic mass is 10.2. The summed E-state index contributed by atoms with van der Waals surface area (Å²) in [5, 5.41) is 11.8. The summed E-state index contributed by atoms with van der Waals surface area (Å²) in [7, 11) is 0. The first-order valence-corrected chi connectivity index (χ1v) is 8.89. The van der Waals surface area contributed by atoms with Crippen molar-refractivity contribution in [3.05, 3.63) is 64.6 Å². The molecule has 0 bridgehead atoms. The minimum atomic E-state index is -0.860. The molecule has 0 fully saturated rings. The van der Waals surface area contributed by atoms with Crippen LogP contribution in [-0.2, 0) is 4.74 Å². The molecule has 2 aromatic carbocycles. The summed E-state index contributed by atoms with van der Waals surface area (Å²) in [4.78, 5) is 34.6. The van der Waals surface area contributed by atoms with Crippen LogP contribution in [0, 0.1) is 16.2 Å². The number of carbonyl (C=O) groups is 2. The number of hydrogen-bond donors (Lipinski definition) is 0. The van der Waals surface area contributed by atoms with Crippen LogP contribution in [0.4, 0.5) is 5.69 Å². The molecule has 0 N–H and O–H groups in total. The van der Waals surface area contributed by atoms with Gasteiger partial charge in [-0.25, -0.2) is 4.79 Å². The Morgan fingerprint density at radius 1 is 1.22 bits per heavy atom. The molecule has 0 saturated heterocycles. The molecule has 1 amide bonds. The number of esters is 1. The summed E-state index contributed by atoms with van der Waals surface area (Å²) in [6, 6.07) is 14.8. The minimum absolute atomic E-state index is 0.167. The van der Waals surface area contributed by atoms with E-state index in [0.717, 1.165) is 0 Å². The zero-order valence-electron chi connectivity index (χ0n) is 14.8. The molecule has 0 radical (unpaired) electrons. The monoisotopic (exact) mass is 383 g/mol. The van der Waals surface area contributed by atoms with Crippen molar-refractivity contribution in [2.24, 2.45) is 5.18 Å². The van der Waals surface area contributed by atoms with Gasteiger partial charge in [-0.3, -0.25) is 9.10 Å². The summed E-state index contributed by atoms with van der Waals surface area (Å²) < 4.78 is 6.72. The molecule has 1 atom stereocenters. The fourth-order valence-electron chi connectivity index (χ4n) is 2.24. The predicted octanol–water partition coefficient (Wildman–Crippen LogP) is 4.20. The summed E-state index contributed by atoms with van der Waals surface area (Å²) >= 11 is 1.21. The van der Waals surface area contributed by atoms with Gasteiger partial charge in [0.2, 0.25) is 0 Å². The van der Waals surface area contributed by atoms with Crippen LogP contribution < -0.4 is 4.31 Å². The summed E-state index contributed by atoms with van der Waals surface area (Å²) in [5.74, 6) is -1.31. The highest BCUT2D eigenvalue weighted by Crippen LogP contribution is 2.32. The van der Waals surface area contributed by atoms with Crippen LogP contribution >= 0.6 is 11.9 Å². The average molecular weight is 383 g/mol. The number of nitriles is 1. The molecule has 2 rings (SSSR count). The minimum Gasteiger partial charge on any atom is -0.462 e. The summed E-state index contributed by atoms with van der Waals surface area (Å²) in [6.07, 6.45) is 0. The normalized spacial score (nSPS) is 11.1. The number of rotatable bonds is 7. The van der Waals surface area contributed by atoms with E-state index in [-0.39, 0.29) is 12.2 Å². The first kappa shape index (κ1) is 20.1. The van der Waals surface area contributed by atoms with Crippen LogP contribution in [0.1, 0.15) is 34.6 Å². The largest absolute Gasteiger partial charge is 0.462 e. The fraction of sp³-hybridized carbons (Fsp3) is 0.211. The van der Waals surface area contributed by atoms with E-state index in [1.165, 1.54) is 24.1 Å². The fourth-order valence-corrected chi connectivity index (χ4v) is 3.21. The molecule has 0 saturated carbocycles. The molecule has 138 valence electrons. The first-order valence-electron chi connectivity index (χ1n) is 8.12. The predicted molar refractivity (Wildman–Crippen MR) is 102 cm³/mol. The van der Waals surface area contributed by atoms with Gasteiger partial charge in [-0.1, -0.05) is 12.1 Å². The molecule has 0 aliphatic rings. The van der Waals surface area contributed by atoms with Gasteiger partial charge >= 0.3 is 11.9 Å². The number of ether oxygens (including phenoxy) is 1. The van der Waals surface area contributed by atoms with Gasteiger partial charge in [0, 0.05) is 21.3 Å². The van der Waals surface area contributed by atoms with E-state index in [0.29, 0.717) is 16.1 Å². The summed E-state index contributed by atoms with van der Waals surface area (Å²) in [5.41, 5.74) is 1.17. The number of anilines is 1. The Balaban J connectivity index is 2.36. The lowest BCUT2D eigenvalue weighted by Crippen LogP contribution is -2.25. The molecule has 7 nitrogen and oxygen atoms in total. The second-order valence-corrected chi connectivity index (χ2v) is 6.46. The molecule has 2 aromatic rings. The van der Waals surface area contributed by atoms with Gasteiger partial charge in [0.1, 0.15) is 6.04 Å². The average Bonchev–Trinajstić information content (AvgIpc) is 2.71. The van der Waals surface area contributed by atoms with Crippen molar-refractivity contribution < 1.29 is 14.3 Å². The van der Waals surface area contributed by atoms with Gasteiger partial charge in [0.25, 0.3) is 0 Å². The third-order valence-electron chi connectivity index (χ3n) is 3.52. The van der Waals surface area contributed by atoms with E-state index in [9.17, 15) is 19.8 Å². The lowest BCUT2D eigenvalue weighted by molar-refractivity contribution is 0.0526. The maximum Gasteiger partial charge on any atom is 0.338 e.